The average molecular weight is 373 g/mol. The van der Waals surface area contributed by atoms with Crippen molar-refractivity contribution in [1.29, 1.82) is 0 Å². The van der Waals surface area contributed by atoms with Crippen molar-refractivity contribution in [3.8, 4) is 0 Å². The monoisotopic (exact) mass is 371 g/mol. The van der Waals surface area contributed by atoms with Crippen LogP contribution in [0.15, 0.2) is 40.9 Å². The Balaban J connectivity index is 2.38. The highest BCUT2D eigenvalue weighted by Gasteiger charge is 2.18. The average Bonchev–Trinajstić information content (AvgIpc) is 2.40. The molecule has 0 aliphatic heterocycles. The van der Waals surface area contributed by atoms with Crippen LogP contribution in [0.5, 0.6) is 0 Å². The van der Waals surface area contributed by atoms with E-state index in [4.69, 9.17) is 16.7 Å². The number of benzene rings is 2. The number of carbonyl (C=O) groups excluding carboxylic acids is 1. The molecule has 4 nitrogen and oxygen atoms in total. The maximum atomic E-state index is 13.7. The normalized spacial score (nSPS) is 10.2. The zero-order valence-corrected chi connectivity index (χ0v) is 12.7. The third-order valence-corrected chi connectivity index (χ3v) is 3.55. The van der Waals surface area contributed by atoms with E-state index >= 15 is 0 Å². The van der Waals surface area contributed by atoms with Crippen LogP contribution < -0.4 is 5.32 Å². The topological polar surface area (TPSA) is 66.4 Å². The van der Waals surface area contributed by atoms with Gasteiger partial charge in [-0.15, -0.1) is 0 Å². The first-order chi connectivity index (χ1) is 9.90. The quantitative estimate of drug-likeness (QED) is 0.849. The van der Waals surface area contributed by atoms with Crippen LogP contribution in [-0.4, -0.2) is 17.0 Å². The van der Waals surface area contributed by atoms with Crippen LogP contribution in [-0.2, 0) is 0 Å². The Hall–Kier alpha value is -1.92. The molecule has 7 heteroatoms. The first-order valence-corrected chi connectivity index (χ1v) is 6.85. The lowest BCUT2D eigenvalue weighted by atomic mass is 10.1. The number of halogens is 3. The maximum absolute atomic E-state index is 13.7. The van der Waals surface area contributed by atoms with E-state index in [0.29, 0.717) is 4.47 Å². The Labute approximate surface area is 132 Å². The molecule has 0 saturated heterocycles. The van der Waals surface area contributed by atoms with Gasteiger partial charge in [-0.25, -0.2) is 9.18 Å². The van der Waals surface area contributed by atoms with Gasteiger partial charge in [-0.3, -0.25) is 4.79 Å². The van der Waals surface area contributed by atoms with E-state index in [9.17, 15) is 14.0 Å². The molecule has 2 aromatic carbocycles. The largest absolute Gasteiger partial charge is 0.478 e. The van der Waals surface area contributed by atoms with E-state index in [0.717, 1.165) is 6.07 Å². The Kier molecular flexibility index (Phi) is 4.59. The molecule has 108 valence electrons. The molecule has 0 radical (unpaired) electrons. The van der Waals surface area contributed by atoms with Crippen LogP contribution >= 0.6 is 27.5 Å². The van der Waals surface area contributed by atoms with Gasteiger partial charge in [0.2, 0.25) is 0 Å². The van der Waals surface area contributed by atoms with E-state index in [1.807, 2.05) is 0 Å². The number of anilines is 1. The number of hydrogen-bond donors (Lipinski definition) is 2. The van der Waals surface area contributed by atoms with Crippen molar-refractivity contribution < 1.29 is 19.1 Å². The maximum Gasteiger partial charge on any atom is 0.337 e. The highest BCUT2D eigenvalue weighted by Crippen LogP contribution is 2.27. The summed E-state index contributed by atoms with van der Waals surface area (Å²) in [7, 11) is 0. The van der Waals surface area contributed by atoms with Gasteiger partial charge >= 0.3 is 5.97 Å². The summed E-state index contributed by atoms with van der Waals surface area (Å²) < 4.78 is 14.1. The number of amides is 1. The fourth-order valence-electron chi connectivity index (χ4n) is 1.68. The zero-order valence-electron chi connectivity index (χ0n) is 10.4. The van der Waals surface area contributed by atoms with Gasteiger partial charge in [0.1, 0.15) is 5.82 Å². The smallest absolute Gasteiger partial charge is 0.337 e. The molecule has 2 N–H and O–H groups in total. The van der Waals surface area contributed by atoms with Crippen molar-refractivity contribution in [3.05, 3.63) is 62.8 Å². The molecule has 0 atom stereocenters. The van der Waals surface area contributed by atoms with Crippen molar-refractivity contribution in [2.45, 2.75) is 0 Å². The van der Waals surface area contributed by atoms with Gasteiger partial charge < -0.3 is 10.4 Å². The van der Waals surface area contributed by atoms with E-state index < -0.39 is 17.7 Å². The van der Waals surface area contributed by atoms with Crippen molar-refractivity contribution >= 4 is 45.1 Å². The van der Waals surface area contributed by atoms with Gasteiger partial charge in [0.15, 0.2) is 0 Å². The van der Waals surface area contributed by atoms with Crippen LogP contribution in [0.2, 0.25) is 5.02 Å². The lowest BCUT2D eigenvalue weighted by Gasteiger charge is -2.11. The fourth-order valence-corrected chi connectivity index (χ4v) is 2.31. The van der Waals surface area contributed by atoms with Crippen LogP contribution in [0.1, 0.15) is 20.7 Å². The lowest BCUT2D eigenvalue weighted by Crippen LogP contribution is -2.16. The molecule has 0 aliphatic carbocycles. The molecule has 0 spiro atoms. The molecule has 2 rings (SSSR count). The standard InChI is InChI=1S/C14H8BrClFNO3/c15-10-3-1-2-9(14(20)21)12(10)18-13(19)8-5-4-7(16)6-11(8)17/h1-6H,(H,18,19)(H,20,21). The summed E-state index contributed by atoms with van der Waals surface area (Å²) in [5.41, 5.74) is -0.275. The van der Waals surface area contributed by atoms with Gasteiger partial charge in [0.25, 0.3) is 5.91 Å². The molecular weight excluding hydrogens is 365 g/mol. The van der Waals surface area contributed by atoms with Gasteiger partial charge in [0.05, 0.1) is 16.8 Å². The highest BCUT2D eigenvalue weighted by atomic mass is 79.9. The minimum absolute atomic E-state index is 0.0596. The molecule has 0 aliphatic rings. The number of nitrogens with one attached hydrogen (secondary N) is 1. The van der Waals surface area contributed by atoms with Crippen LogP contribution in [0, 0.1) is 5.82 Å². The zero-order chi connectivity index (χ0) is 15.6. The van der Waals surface area contributed by atoms with Crippen LogP contribution in [0.4, 0.5) is 10.1 Å². The number of carboxylic acids is 1. The lowest BCUT2D eigenvalue weighted by molar-refractivity contribution is 0.0698. The van der Waals surface area contributed by atoms with Crippen molar-refractivity contribution in [2.24, 2.45) is 0 Å². The molecule has 1 amide bonds. The summed E-state index contributed by atoms with van der Waals surface area (Å²) in [6.45, 7) is 0. The fraction of sp³-hybridized carbons (Fsp3) is 0. The number of carboxylic acid groups (broad SMARTS) is 1. The highest BCUT2D eigenvalue weighted by molar-refractivity contribution is 9.10. The van der Waals surface area contributed by atoms with Crippen molar-refractivity contribution in [3.63, 3.8) is 0 Å². The number of aromatic carboxylic acids is 1. The van der Waals surface area contributed by atoms with E-state index in [2.05, 4.69) is 21.2 Å². The second-order valence-corrected chi connectivity index (χ2v) is 5.34. The van der Waals surface area contributed by atoms with Gasteiger partial charge in [0, 0.05) is 9.50 Å². The molecule has 0 fully saturated rings. The predicted octanol–water partition coefficient (Wildman–Crippen LogP) is 4.19. The Morgan fingerprint density at radius 1 is 1.19 bits per heavy atom. The van der Waals surface area contributed by atoms with Crippen LogP contribution in [0.3, 0.4) is 0 Å². The first kappa shape index (κ1) is 15.5. The predicted molar refractivity (Wildman–Crippen MR) is 80.5 cm³/mol. The molecule has 0 aromatic heterocycles. The van der Waals surface area contributed by atoms with Gasteiger partial charge in [-0.2, -0.15) is 0 Å². The molecule has 0 bridgehead atoms. The number of carbonyl (C=O) groups is 2. The number of para-hydroxylation sites is 1. The van der Waals surface area contributed by atoms with Crippen LogP contribution in [0.25, 0.3) is 0 Å². The summed E-state index contributed by atoms with van der Waals surface area (Å²) in [6.07, 6.45) is 0. The number of rotatable bonds is 3. The molecular formula is C14H8BrClFNO3. The minimum Gasteiger partial charge on any atom is -0.478 e. The minimum atomic E-state index is -1.21. The Morgan fingerprint density at radius 3 is 2.52 bits per heavy atom. The summed E-state index contributed by atoms with van der Waals surface area (Å²) >= 11 is 8.77. The molecule has 0 unspecified atom stereocenters. The van der Waals surface area contributed by atoms with E-state index in [1.54, 1.807) is 6.07 Å². The summed E-state index contributed by atoms with van der Waals surface area (Å²) in [6, 6.07) is 8.03. The van der Waals surface area contributed by atoms with Crippen molar-refractivity contribution in [1.82, 2.24) is 0 Å². The summed E-state index contributed by atoms with van der Waals surface area (Å²) in [5, 5.41) is 11.7. The SMILES string of the molecule is O=C(Nc1c(Br)cccc1C(=O)O)c1ccc(Cl)cc1F. The molecule has 0 heterocycles. The van der Waals surface area contributed by atoms with Gasteiger partial charge in [-0.05, 0) is 46.3 Å². The summed E-state index contributed by atoms with van der Waals surface area (Å²) in [4.78, 5) is 23.2. The third kappa shape index (κ3) is 3.40. The van der Waals surface area contributed by atoms with Crippen molar-refractivity contribution in [2.75, 3.05) is 5.32 Å². The second kappa shape index (κ2) is 6.24. The number of hydrogen-bond acceptors (Lipinski definition) is 2. The summed E-state index contributed by atoms with van der Waals surface area (Å²) in [5.74, 6) is -2.76. The molecule has 0 saturated carbocycles. The van der Waals surface area contributed by atoms with E-state index in [1.165, 1.54) is 24.3 Å². The Morgan fingerprint density at radius 2 is 1.90 bits per heavy atom. The molecule has 21 heavy (non-hydrogen) atoms. The third-order valence-electron chi connectivity index (χ3n) is 2.66. The molecule has 2 aromatic rings. The Bertz CT molecular complexity index is 736. The van der Waals surface area contributed by atoms with Gasteiger partial charge in [-0.1, -0.05) is 17.7 Å². The first-order valence-electron chi connectivity index (χ1n) is 5.68. The second-order valence-electron chi connectivity index (χ2n) is 4.05. The van der Waals surface area contributed by atoms with E-state index in [-0.39, 0.29) is 21.8 Å².